The summed E-state index contributed by atoms with van der Waals surface area (Å²) in [5.41, 5.74) is 1.82. The molecule has 0 saturated heterocycles. The lowest BCUT2D eigenvalue weighted by Gasteiger charge is -2.34. The molecule has 0 aromatic heterocycles. The fourth-order valence-corrected chi connectivity index (χ4v) is 3.81. The summed E-state index contributed by atoms with van der Waals surface area (Å²) in [6, 6.07) is 0. The van der Waals surface area contributed by atoms with E-state index in [4.69, 9.17) is 5.21 Å². The van der Waals surface area contributed by atoms with E-state index in [0.717, 1.165) is 11.6 Å². The van der Waals surface area contributed by atoms with Crippen LogP contribution >= 0.6 is 0 Å². The number of hydrogen-bond acceptors (Lipinski definition) is 2. The predicted molar refractivity (Wildman–Crippen MR) is 57.6 cm³/mol. The van der Waals surface area contributed by atoms with Gasteiger partial charge in [0.2, 0.25) is 0 Å². The van der Waals surface area contributed by atoms with Crippen molar-refractivity contribution in [3.05, 3.63) is 0 Å². The molecule has 0 unspecified atom stereocenters. The van der Waals surface area contributed by atoms with Crippen molar-refractivity contribution in [2.75, 3.05) is 0 Å². The third-order valence-electron chi connectivity index (χ3n) is 5.34. The molecule has 2 rings (SSSR count). The van der Waals surface area contributed by atoms with Crippen molar-refractivity contribution >= 4 is 5.71 Å². The van der Waals surface area contributed by atoms with Crippen molar-refractivity contribution in [3.8, 4) is 0 Å². The highest BCUT2D eigenvalue weighted by Gasteiger charge is 2.60. The molecule has 2 aliphatic carbocycles. The van der Waals surface area contributed by atoms with Crippen LogP contribution < -0.4 is 0 Å². The number of fused-ring (bicyclic) bond motifs is 2. The van der Waals surface area contributed by atoms with Crippen molar-refractivity contribution in [2.45, 2.75) is 47.0 Å². The fraction of sp³-hybridized carbons (Fsp3) is 0.917. The molecule has 0 spiro atoms. The van der Waals surface area contributed by atoms with E-state index in [9.17, 15) is 0 Å². The maximum absolute atomic E-state index is 8.87. The second-order valence-electron chi connectivity index (χ2n) is 5.98. The molecule has 0 heterocycles. The minimum absolute atomic E-state index is 0.420. The Bertz CT molecular complexity index is 279. The largest absolute Gasteiger partial charge is 0.411 e. The number of rotatable bonds is 1. The Labute approximate surface area is 86.4 Å². The average molecular weight is 195 g/mol. The van der Waals surface area contributed by atoms with Gasteiger partial charge in [-0.1, -0.05) is 25.9 Å². The van der Waals surface area contributed by atoms with E-state index < -0.39 is 0 Å². The third-order valence-corrected chi connectivity index (χ3v) is 5.34. The molecule has 2 bridgehead atoms. The number of hydrogen-bond donors (Lipinski definition) is 1. The molecule has 1 N–H and O–H groups in total. The first-order valence-electron chi connectivity index (χ1n) is 5.61. The molecule has 2 nitrogen and oxygen atoms in total. The molecule has 80 valence electrons. The van der Waals surface area contributed by atoms with Crippen LogP contribution in [0.5, 0.6) is 0 Å². The molecular weight excluding hydrogens is 174 g/mol. The molecule has 0 radical (unpaired) electrons. The topological polar surface area (TPSA) is 32.6 Å². The van der Waals surface area contributed by atoms with E-state index in [1.807, 2.05) is 6.92 Å². The van der Waals surface area contributed by atoms with E-state index in [2.05, 4.69) is 25.9 Å². The van der Waals surface area contributed by atoms with Crippen LogP contribution in [0.3, 0.4) is 0 Å². The van der Waals surface area contributed by atoms with Crippen LogP contribution in [0, 0.1) is 22.7 Å². The van der Waals surface area contributed by atoms with Crippen LogP contribution in [0.1, 0.15) is 47.0 Å². The Morgan fingerprint density at radius 2 is 2.00 bits per heavy atom. The zero-order chi connectivity index (χ0) is 10.6. The van der Waals surface area contributed by atoms with E-state index >= 15 is 0 Å². The van der Waals surface area contributed by atoms with Gasteiger partial charge in [-0.15, -0.1) is 0 Å². The zero-order valence-electron chi connectivity index (χ0n) is 9.67. The van der Waals surface area contributed by atoms with Crippen LogP contribution in [0.4, 0.5) is 0 Å². The van der Waals surface area contributed by atoms with Gasteiger partial charge in [0.1, 0.15) is 0 Å². The Morgan fingerprint density at radius 1 is 1.36 bits per heavy atom. The lowest BCUT2D eigenvalue weighted by molar-refractivity contribution is 0.152. The quantitative estimate of drug-likeness (QED) is 0.388. The van der Waals surface area contributed by atoms with Crippen LogP contribution in [0.25, 0.3) is 0 Å². The van der Waals surface area contributed by atoms with Gasteiger partial charge in [0.15, 0.2) is 0 Å². The van der Waals surface area contributed by atoms with Gasteiger partial charge < -0.3 is 5.21 Å². The van der Waals surface area contributed by atoms with Crippen LogP contribution in [0.15, 0.2) is 5.16 Å². The van der Waals surface area contributed by atoms with Crippen LogP contribution in [0.2, 0.25) is 0 Å². The highest BCUT2D eigenvalue weighted by Crippen LogP contribution is 2.67. The van der Waals surface area contributed by atoms with Crippen molar-refractivity contribution in [1.29, 1.82) is 0 Å². The third kappa shape index (κ3) is 0.999. The van der Waals surface area contributed by atoms with Crippen LogP contribution in [-0.2, 0) is 0 Å². The molecule has 0 aromatic rings. The molecule has 2 heteroatoms. The molecule has 14 heavy (non-hydrogen) atoms. The van der Waals surface area contributed by atoms with Gasteiger partial charge in [0, 0.05) is 5.92 Å². The summed E-state index contributed by atoms with van der Waals surface area (Å²) in [6.07, 6.45) is 3.86. The summed E-state index contributed by atoms with van der Waals surface area (Å²) < 4.78 is 0. The minimum atomic E-state index is 0.420. The minimum Gasteiger partial charge on any atom is -0.411 e. The van der Waals surface area contributed by atoms with E-state index in [-0.39, 0.29) is 0 Å². The fourth-order valence-electron chi connectivity index (χ4n) is 3.81. The van der Waals surface area contributed by atoms with Gasteiger partial charge in [-0.25, -0.2) is 0 Å². The van der Waals surface area contributed by atoms with Gasteiger partial charge in [0.25, 0.3) is 0 Å². The van der Waals surface area contributed by atoms with Crippen molar-refractivity contribution in [2.24, 2.45) is 27.8 Å². The number of oxime groups is 1. The summed E-state index contributed by atoms with van der Waals surface area (Å²) in [6.45, 7) is 9.13. The smallest absolute Gasteiger partial charge is 0.0574 e. The van der Waals surface area contributed by atoms with Gasteiger partial charge in [-0.2, -0.15) is 0 Å². The first-order valence-corrected chi connectivity index (χ1v) is 5.61. The zero-order valence-corrected chi connectivity index (χ0v) is 9.67. The van der Waals surface area contributed by atoms with Gasteiger partial charge in [-0.3, -0.25) is 0 Å². The first-order chi connectivity index (χ1) is 6.42. The molecule has 2 saturated carbocycles. The summed E-state index contributed by atoms with van der Waals surface area (Å²) in [7, 11) is 0. The van der Waals surface area contributed by atoms with Gasteiger partial charge in [0.05, 0.1) is 5.71 Å². The van der Waals surface area contributed by atoms with E-state index in [1.165, 1.54) is 19.3 Å². The van der Waals surface area contributed by atoms with Crippen LogP contribution in [-0.4, -0.2) is 10.9 Å². The standard InChI is InChI=1S/C12H21NO/c1-8(13-14)9-7-12(4)6-5-10(9)11(12,2)3/h9-10,14H,5-7H2,1-4H3/b13-8-/t9-,10+,12+/m1/s1. The summed E-state index contributed by atoms with van der Waals surface area (Å²) in [5.74, 6) is 1.25. The second-order valence-corrected chi connectivity index (χ2v) is 5.98. The highest BCUT2D eigenvalue weighted by atomic mass is 16.4. The van der Waals surface area contributed by atoms with E-state index in [1.54, 1.807) is 0 Å². The Balaban J connectivity index is 2.32. The molecule has 2 aliphatic rings. The van der Waals surface area contributed by atoms with Gasteiger partial charge >= 0.3 is 0 Å². The lowest BCUT2D eigenvalue weighted by Crippen LogP contribution is -2.26. The normalized spacial score (nSPS) is 45.9. The number of nitrogens with zero attached hydrogens (tertiary/aromatic N) is 1. The Hall–Kier alpha value is -0.530. The van der Waals surface area contributed by atoms with Crippen molar-refractivity contribution < 1.29 is 5.21 Å². The SMILES string of the molecule is C/C(=N/O)[C@H]1C[C@]2(C)CC[C@@H]1C2(C)C. The molecule has 0 aliphatic heterocycles. The van der Waals surface area contributed by atoms with Crippen molar-refractivity contribution in [3.63, 3.8) is 0 Å². The van der Waals surface area contributed by atoms with Crippen molar-refractivity contribution in [1.82, 2.24) is 0 Å². The van der Waals surface area contributed by atoms with Gasteiger partial charge in [-0.05, 0) is 42.9 Å². The molecule has 2 fully saturated rings. The monoisotopic (exact) mass is 195 g/mol. The Kier molecular flexibility index (Phi) is 1.96. The Morgan fingerprint density at radius 3 is 2.36 bits per heavy atom. The summed E-state index contributed by atoms with van der Waals surface area (Å²) in [4.78, 5) is 0. The van der Waals surface area contributed by atoms with E-state index in [0.29, 0.717) is 16.7 Å². The maximum atomic E-state index is 8.87. The molecule has 0 amide bonds. The summed E-state index contributed by atoms with van der Waals surface area (Å²) in [5, 5.41) is 12.3. The lowest BCUT2D eigenvalue weighted by atomic mass is 9.71. The molecular formula is C12H21NO. The average Bonchev–Trinajstić information content (AvgIpc) is 2.47. The predicted octanol–water partition coefficient (Wildman–Crippen LogP) is 3.30. The summed E-state index contributed by atoms with van der Waals surface area (Å²) >= 11 is 0. The molecule has 0 aromatic carbocycles. The molecule has 3 atom stereocenters. The first kappa shape index (κ1) is 10.0. The maximum Gasteiger partial charge on any atom is 0.0574 e. The highest BCUT2D eigenvalue weighted by molar-refractivity contribution is 5.84. The second kappa shape index (κ2) is 2.74.